The van der Waals surface area contributed by atoms with Crippen LogP contribution in [0.4, 0.5) is 5.69 Å². The quantitative estimate of drug-likeness (QED) is 0.448. The third kappa shape index (κ3) is 2.44. The first-order valence-corrected chi connectivity index (χ1v) is 9.05. The van der Waals surface area contributed by atoms with Crippen molar-refractivity contribution in [1.82, 2.24) is 4.98 Å². The number of nitrogens with zero attached hydrogens (tertiary/aromatic N) is 2. The van der Waals surface area contributed by atoms with Gasteiger partial charge in [-0.05, 0) is 48.0 Å². The predicted octanol–water partition coefficient (Wildman–Crippen LogP) is 5.42. The molecule has 0 fully saturated rings. The second-order valence-corrected chi connectivity index (χ2v) is 7.15. The second-order valence-electron chi connectivity index (χ2n) is 6.23. The van der Waals surface area contributed by atoms with Crippen LogP contribution >= 0.6 is 15.9 Å². The number of halogens is 1. The van der Waals surface area contributed by atoms with Crippen molar-refractivity contribution in [1.29, 1.82) is 0 Å². The summed E-state index contributed by atoms with van der Waals surface area (Å²) in [6.45, 7) is 0.580. The van der Waals surface area contributed by atoms with Gasteiger partial charge < -0.3 is 9.32 Å². The van der Waals surface area contributed by atoms with Gasteiger partial charge in [0.25, 0.3) is 5.91 Å². The Morgan fingerprint density at radius 1 is 1.00 bits per heavy atom. The summed E-state index contributed by atoms with van der Waals surface area (Å²) in [6.07, 6.45) is 0. The molecule has 5 rings (SSSR count). The normalized spacial score (nSPS) is 13.4. The lowest BCUT2D eigenvalue weighted by atomic mass is 10.1. The van der Waals surface area contributed by atoms with E-state index >= 15 is 0 Å². The van der Waals surface area contributed by atoms with Gasteiger partial charge >= 0.3 is 0 Å². The fraction of sp³-hybridized carbons (Fsp3) is 0.0476. The Bertz CT molecular complexity index is 1170. The minimum atomic E-state index is 0.0238. The monoisotopic (exact) mass is 404 g/mol. The number of fused-ring (bicyclic) bond motifs is 2. The van der Waals surface area contributed by atoms with Crippen LogP contribution in [0.3, 0.4) is 0 Å². The van der Waals surface area contributed by atoms with Gasteiger partial charge in [-0.25, -0.2) is 4.98 Å². The lowest BCUT2D eigenvalue weighted by Crippen LogP contribution is -2.22. The van der Waals surface area contributed by atoms with Crippen molar-refractivity contribution < 1.29 is 9.21 Å². The number of rotatable bonds is 2. The number of hydrogen-bond donors (Lipinski definition) is 0. The van der Waals surface area contributed by atoms with E-state index in [-0.39, 0.29) is 5.91 Å². The van der Waals surface area contributed by atoms with Gasteiger partial charge in [0.15, 0.2) is 5.58 Å². The molecule has 0 radical (unpaired) electrons. The highest BCUT2D eigenvalue weighted by atomic mass is 79.9. The van der Waals surface area contributed by atoms with Crippen LogP contribution in [0, 0.1) is 0 Å². The minimum Gasteiger partial charge on any atom is -0.436 e. The molecule has 1 aliphatic heterocycles. The Morgan fingerprint density at radius 2 is 1.88 bits per heavy atom. The van der Waals surface area contributed by atoms with Crippen LogP contribution < -0.4 is 4.90 Å². The summed E-state index contributed by atoms with van der Waals surface area (Å²) in [5.41, 5.74) is 4.99. The Balaban J connectivity index is 1.54. The lowest BCUT2D eigenvalue weighted by molar-refractivity contribution is 0.0996. The Kier molecular flexibility index (Phi) is 3.43. The first kappa shape index (κ1) is 15.3. The maximum absolute atomic E-state index is 12.7. The number of hydrogen-bond acceptors (Lipinski definition) is 3. The average Bonchev–Trinajstić information content (AvgIpc) is 3.23. The van der Waals surface area contributed by atoms with E-state index in [4.69, 9.17) is 4.42 Å². The molecule has 0 unspecified atom stereocenters. The van der Waals surface area contributed by atoms with Gasteiger partial charge in [0.05, 0.1) is 6.54 Å². The van der Waals surface area contributed by atoms with E-state index in [9.17, 15) is 4.79 Å². The second kappa shape index (κ2) is 5.81. The molecule has 0 atom stereocenters. The molecule has 1 aliphatic rings. The van der Waals surface area contributed by atoms with Crippen LogP contribution in [0.1, 0.15) is 15.9 Å². The van der Waals surface area contributed by atoms with Crippen molar-refractivity contribution >= 4 is 38.6 Å². The van der Waals surface area contributed by atoms with Crippen LogP contribution in [0.25, 0.3) is 22.6 Å². The highest BCUT2D eigenvalue weighted by Crippen LogP contribution is 2.32. The third-order valence-electron chi connectivity index (χ3n) is 4.58. The summed E-state index contributed by atoms with van der Waals surface area (Å²) >= 11 is 3.47. The summed E-state index contributed by atoms with van der Waals surface area (Å²) in [6, 6.07) is 21.2. The van der Waals surface area contributed by atoms with E-state index in [2.05, 4.69) is 20.9 Å². The lowest BCUT2D eigenvalue weighted by Gasteiger charge is -2.15. The topological polar surface area (TPSA) is 46.3 Å². The first-order chi connectivity index (χ1) is 12.7. The number of oxazole rings is 1. The van der Waals surface area contributed by atoms with E-state index in [1.165, 1.54) is 0 Å². The molecule has 5 heteroatoms. The SMILES string of the molecule is O=C1c2ccccc2CN1c1ccc2oc(-c3cccc(Br)c3)nc2c1. The van der Waals surface area contributed by atoms with Gasteiger partial charge in [0.2, 0.25) is 5.89 Å². The molecule has 0 bridgehead atoms. The minimum absolute atomic E-state index is 0.0238. The van der Waals surface area contributed by atoms with Gasteiger partial charge in [-0.3, -0.25) is 4.79 Å². The van der Waals surface area contributed by atoms with Crippen LogP contribution in [0.5, 0.6) is 0 Å². The molecule has 0 saturated carbocycles. The number of carbonyl (C=O) groups excluding carboxylic acids is 1. The maximum Gasteiger partial charge on any atom is 0.258 e. The van der Waals surface area contributed by atoms with Crippen LogP contribution in [-0.4, -0.2) is 10.9 Å². The van der Waals surface area contributed by atoms with Gasteiger partial charge in [-0.15, -0.1) is 0 Å². The van der Waals surface area contributed by atoms with E-state index in [0.29, 0.717) is 18.0 Å². The highest BCUT2D eigenvalue weighted by molar-refractivity contribution is 9.10. The molecule has 0 N–H and O–H groups in total. The Hall–Kier alpha value is -2.92. The van der Waals surface area contributed by atoms with Gasteiger partial charge in [0.1, 0.15) is 5.52 Å². The largest absolute Gasteiger partial charge is 0.436 e. The average molecular weight is 405 g/mol. The smallest absolute Gasteiger partial charge is 0.258 e. The third-order valence-corrected chi connectivity index (χ3v) is 5.07. The van der Waals surface area contributed by atoms with Crippen LogP contribution in [-0.2, 0) is 6.54 Å². The molecule has 4 aromatic rings. The zero-order valence-corrected chi connectivity index (χ0v) is 15.2. The molecule has 0 saturated heterocycles. The molecule has 1 aromatic heterocycles. The zero-order valence-electron chi connectivity index (χ0n) is 13.6. The van der Waals surface area contributed by atoms with Crippen molar-refractivity contribution in [3.8, 4) is 11.5 Å². The molecule has 3 aromatic carbocycles. The van der Waals surface area contributed by atoms with E-state index in [0.717, 1.165) is 32.4 Å². The summed E-state index contributed by atoms with van der Waals surface area (Å²) in [7, 11) is 0. The van der Waals surface area contributed by atoms with Crippen molar-refractivity contribution in [3.63, 3.8) is 0 Å². The Morgan fingerprint density at radius 3 is 2.73 bits per heavy atom. The van der Waals surface area contributed by atoms with Crippen molar-refractivity contribution in [2.75, 3.05) is 4.90 Å². The van der Waals surface area contributed by atoms with Crippen molar-refractivity contribution in [2.24, 2.45) is 0 Å². The number of amides is 1. The summed E-state index contributed by atoms with van der Waals surface area (Å²) in [5, 5.41) is 0. The highest BCUT2D eigenvalue weighted by Gasteiger charge is 2.28. The van der Waals surface area contributed by atoms with Crippen LogP contribution in [0.2, 0.25) is 0 Å². The zero-order chi connectivity index (χ0) is 17.7. The van der Waals surface area contributed by atoms with E-state index < -0.39 is 0 Å². The van der Waals surface area contributed by atoms with Gasteiger partial charge in [-0.2, -0.15) is 0 Å². The summed E-state index contributed by atoms with van der Waals surface area (Å²) < 4.78 is 6.85. The molecular formula is C21H13BrN2O2. The molecule has 4 nitrogen and oxygen atoms in total. The molecule has 0 spiro atoms. The fourth-order valence-electron chi connectivity index (χ4n) is 3.29. The predicted molar refractivity (Wildman–Crippen MR) is 104 cm³/mol. The standard InChI is InChI=1S/C21H13BrN2O2/c22-15-6-3-5-13(10-15)20-23-18-11-16(8-9-19(18)26-20)24-12-14-4-1-2-7-17(14)21(24)25/h1-11H,12H2. The van der Waals surface area contributed by atoms with Gasteiger partial charge in [0, 0.05) is 21.3 Å². The maximum atomic E-state index is 12.7. The fourth-order valence-corrected chi connectivity index (χ4v) is 3.69. The molecule has 0 aliphatic carbocycles. The van der Waals surface area contributed by atoms with Crippen molar-refractivity contribution in [2.45, 2.75) is 6.54 Å². The number of aromatic nitrogens is 1. The molecule has 126 valence electrons. The molecule has 1 amide bonds. The number of benzene rings is 3. The number of carbonyl (C=O) groups is 1. The van der Waals surface area contributed by atoms with Gasteiger partial charge in [-0.1, -0.05) is 40.2 Å². The summed E-state index contributed by atoms with van der Waals surface area (Å²) in [4.78, 5) is 19.1. The molecular weight excluding hydrogens is 392 g/mol. The molecule has 2 heterocycles. The van der Waals surface area contributed by atoms with Crippen LogP contribution in [0.15, 0.2) is 75.6 Å². The van der Waals surface area contributed by atoms with E-state index in [1.807, 2.05) is 66.7 Å². The Labute approximate surface area is 158 Å². The van der Waals surface area contributed by atoms with Crippen molar-refractivity contribution in [3.05, 3.63) is 82.3 Å². The van der Waals surface area contributed by atoms with E-state index in [1.54, 1.807) is 4.90 Å². The first-order valence-electron chi connectivity index (χ1n) is 8.25. The number of anilines is 1. The summed E-state index contributed by atoms with van der Waals surface area (Å²) in [5.74, 6) is 0.588. The molecule has 26 heavy (non-hydrogen) atoms.